The molecule has 1 fully saturated rings. The summed E-state index contributed by atoms with van der Waals surface area (Å²) in [7, 11) is 0. The Kier molecular flexibility index (Phi) is 9.63. The average molecular weight is 439 g/mol. The molecule has 1 aliphatic rings. The van der Waals surface area contributed by atoms with Gasteiger partial charge in [0.05, 0.1) is 0 Å². The lowest BCUT2D eigenvalue weighted by Crippen LogP contribution is -2.32. The van der Waals surface area contributed by atoms with Crippen molar-refractivity contribution in [2.75, 3.05) is 0 Å². The number of nitrogens with one attached hydrogen (secondary N) is 2. The maximum Gasteiger partial charge on any atom is 0.219 e. The number of halogens is 1. The highest BCUT2D eigenvalue weighted by Gasteiger charge is 2.21. The number of fused-ring (bicyclic) bond motifs is 1. The predicted octanol–water partition coefficient (Wildman–Crippen LogP) is 6.90. The summed E-state index contributed by atoms with van der Waals surface area (Å²) >= 11 is 0. The van der Waals surface area contributed by atoms with Gasteiger partial charge in [-0.15, -0.1) is 0 Å². The van der Waals surface area contributed by atoms with Crippen LogP contribution in [0.3, 0.4) is 0 Å². The molecule has 5 heteroatoms. The molecule has 32 heavy (non-hydrogen) atoms. The van der Waals surface area contributed by atoms with Gasteiger partial charge < -0.3 is 10.3 Å². The van der Waals surface area contributed by atoms with E-state index in [4.69, 9.17) is 0 Å². The van der Waals surface area contributed by atoms with Crippen molar-refractivity contribution >= 4 is 22.6 Å². The van der Waals surface area contributed by atoms with Gasteiger partial charge in [0, 0.05) is 35.3 Å². The summed E-state index contributed by atoms with van der Waals surface area (Å²) in [6.45, 7) is 9.58. The molecule has 172 valence electrons. The first kappa shape index (κ1) is 25.3. The molecule has 0 spiro atoms. The fraction of sp³-hybridized carbons (Fsp3) is 0.407. The number of hydrogen-bond acceptors (Lipinski definition) is 2. The summed E-state index contributed by atoms with van der Waals surface area (Å²) in [5, 5.41) is 4.05. The molecule has 0 aliphatic heterocycles. The highest BCUT2D eigenvalue weighted by Crippen LogP contribution is 2.27. The van der Waals surface area contributed by atoms with Crippen LogP contribution in [-0.4, -0.2) is 22.7 Å². The van der Waals surface area contributed by atoms with Gasteiger partial charge in [-0.3, -0.25) is 9.59 Å². The largest absolute Gasteiger partial charge is 0.361 e. The van der Waals surface area contributed by atoms with E-state index in [1.54, 1.807) is 12.1 Å². The van der Waals surface area contributed by atoms with Gasteiger partial charge >= 0.3 is 0 Å². The van der Waals surface area contributed by atoms with Crippen LogP contribution in [0.2, 0.25) is 0 Å². The van der Waals surface area contributed by atoms with Gasteiger partial charge in [-0.25, -0.2) is 4.39 Å². The molecule has 0 saturated heterocycles. The van der Waals surface area contributed by atoms with Gasteiger partial charge in [-0.1, -0.05) is 45.9 Å². The third kappa shape index (κ3) is 6.78. The molecule has 1 unspecified atom stereocenters. The normalized spacial score (nSPS) is 17.1. The van der Waals surface area contributed by atoms with Crippen molar-refractivity contribution in [3.8, 4) is 11.1 Å². The van der Waals surface area contributed by atoms with Crippen LogP contribution in [0.5, 0.6) is 0 Å². The van der Waals surface area contributed by atoms with E-state index in [1.807, 2.05) is 51.2 Å². The second kappa shape index (κ2) is 12.2. The number of benzene rings is 2. The summed E-state index contributed by atoms with van der Waals surface area (Å²) in [4.78, 5) is 25.3. The first-order valence-electron chi connectivity index (χ1n) is 11.5. The highest BCUT2D eigenvalue weighted by atomic mass is 19.1. The smallest absolute Gasteiger partial charge is 0.219 e. The number of aromatic nitrogens is 1. The Bertz CT molecular complexity index is 1040. The Hall–Kier alpha value is -2.95. The Morgan fingerprint density at radius 2 is 1.84 bits per heavy atom. The molecule has 4 nitrogen and oxygen atoms in total. The van der Waals surface area contributed by atoms with Crippen LogP contribution in [0.1, 0.15) is 70.7 Å². The number of aromatic amines is 1. The summed E-state index contributed by atoms with van der Waals surface area (Å²) in [5.74, 6) is 0.496. The molecule has 3 aromatic rings. The minimum absolute atomic E-state index is 0.133. The maximum atomic E-state index is 14.1. The number of rotatable bonds is 4. The Morgan fingerprint density at radius 3 is 2.44 bits per heavy atom. The van der Waals surface area contributed by atoms with E-state index in [2.05, 4.69) is 17.2 Å². The lowest BCUT2D eigenvalue weighted by atomic mass is 10.0. The molecular weight excluding hydrogens is 403 g/mol. The van der Waals surface area contributed by atoms with E-state index >= 15 is 0 Å². The van der Waals surface area contributed by atoms with Crippen molar-refractivity contribution in [1.29, 1.82) is 0 Å². The van der Waals surface area contributed by atoms with Crippen molar-refractivity contribution in [3.05, 3.63) is 60.0 Å². The van der Waals surface area contributed by atoms with E-state index in [1.165, 1.54) is 32.3 Å². The van der Waals surface area contributed by atoms with E-state index in [0.29, 0.717) is 23.6 Å². The Morgan fingerprint density at radius 1 is 1.09 bits per heavy atom. The summed E-state index contributed by atoms with van der Waals surface area (Å²) < 4.78 is 14.1. The summed E-state index contributed by atoms with van der Waals surface area (Å²) in [5.41, 5.74) is 2.72. The average Bonchev–Trinajstić information content (AvgIpc) is 3.43. The van der Waals surface area contributed by atoms with E-state index in [0.717, 1.165) is 22.4 Å². The third-order valence-electron chi connectivity index (χ3n) is 5.62. The molecule has 1 heterocycles. The second-order valence-corrected chi connectivity index (χ2v) is 8.07. The van der Waals surface area contributed by atoms with E-state index in [9.17, 15) is 14.0 Å². The van der Waals surface area contributed by atoms with Crippen molar-refractivity contribution in [2.24, 2.45) is 5.92 Å². The monoisotopic (exact) mass is 438 g/mol. The van der Waals surface area contributed by atoms with Gasteiger partial charge in [-0.05, 0) is 67.3 Å². The molecular formula is C27H35FN2O2. The van der Waals surface area contributed by atoms with Gasteiger partial charge in [0.15, 0.2) is 5.78 Å². The van der Waals surface area contributed by atoms with Gasteiger partial charge in [0.25, 0.3) is 0 Å². The fourth-order valence-electron chi connectivity index (χ4n) is 3.86. The zero-order valence-electron chi connectivity index (χ0n) is 19.8. The molecule has 2 N–H and O–H groups in total. The zero-order chi connectivity index (χ0) is 23.7. The van der Waals surface area contributed by atoms with Crippen LogP contribution >= 0.6 is 0 Å². The van der Waals surface area contributed by atoms with Gasteiger partial charge in [0.1, 0.15) is 5.82 Å². The van der Waals surface area contributed by atoms with Crippen LogP contribution in [0, 0.1) is 11.7 Å². The topological polar surface area (TPSA) is 62.0 Å². The lowest BCUT2D eigenvalue weighted by molar-refractivity contribution is -0.121. The van der Waals surface area contributed by atoms with E-state index < -0.39 is 0 Å². The van der Waals surface area contributed by atoms with Crippen molar-refractivity contribution in [3.63, 3.8) is 0 Å². The minimum Gasteiger partial charge on any atom is -0.361 e. The van der Waals surface area contributed by atoms with Gasteiger partial charge in [-0.2, -0.15) is 0 Å². The Balaban J connectivity index is 0.000000239. The van der Waals surface area contributed by atoms with Crippen molar-refractivity contribution < 1.29 is 14.0 Å². The van der Waals surface area contributed by atoms with Crippen molar-refractivity contribution in [2.45, 2.75) is 66.3 Å². The maximum absolute atomic E-state index is 14.1. The summed E-state index contributed by atoms with van der Waals surface area (Å²) in [6, 6.07) is 12.7. The number of Topliss-reactive ketones (excluding diaryl/α,β-unsaturated/α-hetero) is 1. The predicted molar refractivity (Wildman–Crippen MR) is 130 cm³/mol. The second-order valence-electron chi connectivity index (χ2n) is 8.07. The molecule has 1 amide bonds. The first-order chi connectivity index (χ1) is 15.4. The quantitative estimate of drug-likeness (QED) is 0.435. The molecule has 0 radical (unpaired) electrons. The lowest BCUT2D eigenvalue weighted by Gasteiger charge is -2.10. The third-order valence-corrected chi connectivity index (χ3v) is 5.62. The number of amides is 1. The standard InChI is InChI=1S/C16H12FNO.C9H17NO.C2H6/c1-10(19)11-2-4-14(15(17)9-11)12-3-5-16-13(8-12)6-7-18-16;1-3-9(11)10-8-5-4-7(2)6-8;1-2/h2-9,18H,1H3;7-8H,3-6H2,1-2H3,(H,10,11);1-2H3/t;7?,8-;/m.0./s1. The number of hydrogen-bond donors (Lipinski definition) is 2. The van der Waals surface area contributed by atoms with Gasteiger partial charge in [0.2, 0.25) is 5.91 Å². The zero-order valence-corrected chi connectivity index (χ0v) is 19.8. The van der Waals surface area contributed by atoms with Crippen LogP contribution < -0.4 is 5.32 Å². The van der Waals surface area contributed by atoms with Crippen molar-refractivity contribution in [1.82, 2.24) is 10.3 Å². The van der Waals surface area contributed by atoms with Crippen LogP contribution in [0.25, 0.3) is 22.0 Å². The SMILES string of the molecule is CC.CC(=O)c1ccc(-c2ccc3[nH]ccc3c2)c(F)c1.CCC(=O)N[C@H]1CCC(C)C1. The molecule has 1 saturated carbocycles. The fourth-order valence-corrected chi connectivity index (χ4v) is 3.86. The van der Waals surface area contributed by atoms with Crippen LogP contribution in [0.4, 0.5) is 4.39 Å². The highest BCUT2D eigenvalue weighted by molar-refractivity contribution is 5.94. The van der Waals surface area contributed by atoms with E-state index in [-0.39, 0.29) is 17.5 Å². The molecule has 2 atom stereocenters. The number of carbonyl (C=O) groups excluding carboxylic acids is 2. The first-order valence-corrected chi connectivity index (χ1v) is 11.5. The summed E-state index contributed by atoms with van der Waals surface area (Å²) in [6.07, 6.45) is 6.09. The molecule has 2 aromatic carbocycles. The minimum atomic E-state index is -0.373. The number of ketones is 1. The molecule has 4 rings (SSSR count). The molecule has 1 aromatic heterocycles. The Labute approximate surface area is 190 Å². The molecule has 1 aliphatic carbocycles. The van der Waals surface area contributed by atoms with Crippen LogP contribution in [0.15, 0.2) is 48.7 Å². The number of H-pyrrole nitrogens is 1. The number of carbonyl (C=O) groups is 2. The molecule has 0 bridgehead atoms. The van der Waals surface area contributed by atoms with Crippen LogP contribution in [-0.2, 0) is 4.79 Å².